The van der Waals surface area contributed by atoms with Gasteiger partial charge in [0.2, 0.25) is 0 Å². The van der Waals surface area contributed by atoms with E-state index in [1.165, 1.54) is 39.2 Å². The third-order valence-electron chi connectivity index (χ3n) is 4.34. The zero-order valence-corrected chi connectivity index (χ0v) is 11.5. The number of aliphatic hydroxyl groups is 1. The monoisotopic (exact) mass is 242 g/mol. The van der Waals surface area contributed by atoms with E-state index in [0.717, 1.165) is 0 Å². The van der Waals surface area contributed by atoms with Crippen LogP contribution in [0.4, 0.5) is 0 Å². The van der Waals surface area contributed by atoms with Crippen LogP contribution in [0.1, 0.15) is 52.9 Å². The summed E-state index contributed by atoms with van der Waals surface area (Å²) in [5, 5.41) is 10.4. The van der Waals surface area contributed by atoms with Crippen LogP contribution in [0.25, 0.3) is 0 Å². The fourth-order valence-electron chi connectivity index (χ4n) is 2.96. The first-order valence-corrected chi connectivity index (χ1v) is 6.67. The molecular formula is C14H26O3. The molecule has 0 saturated heterocycles. The molecule has 0 bridgehead atoms. The fraction of sp³-hybridized carbons (Fsp3) is 0.929. The molecule has 2 atom stereocenters. The number of carbonyl (C=O) groups is 1. The van der Waals surface area contributed by atoms with Gasteiger partial charge in [-0.1, -0.05) is 39.0 Å². The smallest absolute Gasteiger partial charge is 0.313 e. The Morgan fingerprint density at radius 2 is 1.82 bits per heavy atom. The molecule has 0 aromatic heterocycles. The summed E-state index contributed by atoms with van der Waals surface area (Å²) in [7, 11) is 1.38. The SMILES string of the molecule is COC(=O)C(C)(C)[C@@H](O)[C@H](C)C1CCCCC1. The number of hydrogen-bond acceptors (Lipinski definition) is 3. The summed E-state index contributed by atoms with van der Waals surface area (Å²) in [6.45, 7) is 5.59. The molecule has 1 N–H and O–H groups in total. The van der Waals surface area contributed by atoms with E-state index >= 15 is 0 Å². The highest BCUT2D eigenvalue weighted by atomic mass is 16.5. The van der Waals surface area contributed by atoms with Crippen molar-refractivity contribution < 1.29 is 14.6 Å². The second-order valence-electron chi connectivity index (χ2n) is 5.92. The highest BCUT2D eigenvalue weighted by molar-refractivity contribution is 5.76. The van der Waals surface area contributed by atoms with Gasteiger partial charge < -0.3 is 9.84 Å². The highest BCUT2D eigenvalue weighted by Gasteiger charge is 2.42. The molecule has 1 saturated carbocycles. The molecule has 1 rings (SSSR count). The van der Waals surface area contributed by atoms with E-state index in [2.05, 4.69) is 6.92 Å². The third kappa shape index (κ3) is 3.21. The van der Waals surface area contributed by atoms with E-state index in [4.69, 9.17) is 4.74 Å². The second kappa shape index (κ2) is 5.85. The number of methoxy groups -OCH3 is 1. The van der Waals surface area contributed by atoms with Crippen LogP contribution < -0.4 is 0 Å². The lowest BCUT2D eigenvalue weighted by molar-refractivity contribution is -0.160. The van der Waals surface area contributed by atoms with Gasteiger partial charge in [-0.3, -0.25) is 4.79 Å². The molecule has 3 nitrogen and oxygen atoms in total. The maximum absolute atomic E-state index is 11.7. The van der Waals surface area contributed by atoms with Crippen LogP contribution in [0, 0.1) is 17.3 Å². The number of carbonyl (C=O) groups excluding carboxylic acids is 1. The maximum Gasteiger partial charge on any atom is 0.313 e. The summed E-state index contributed by atoms with van der Waals surface area (Å²) < 4.78 is 4.77. The highest BCUT2D eigenvalue weighted by Crippen LogP contribution is 2.37. The Morgan fingerprint density at radius 3 is 2.29 bits per heavy atom. The number of hydrogen-bond donors (Lipinski definition) is 1. The lowest BCUT2D eigenvalue weighted by Crippen LogP contribution is -2.44. The summed E-state index contributed by atoms with van der Waals surface area (Å²) >= 11 is 0. The lowest BCUT2D eigenvalue weighted by Gasteiger charge is -2.37. The number of aliphatic hydroxyl groups excluding tert-OH is 1. The van der Waals surface area contributed by atoms with Crippen LogP contribution in [0.2, 0.25) is 0 Å². The largest absolute Gasteiger partial charge is 0.469 e. The molecule has 17 heavy (non-hydrogen) atoms. The Morgan fingerprint density at radius 1 is 1.29 bits per heavy atom. The summed E-state index contributed by atoms with van der Waals surface area (Å²) in [6, 6.07) is 0. The van der Waals surface area contributed by atoms with Crippen molar-refractivity contribution in [2.45, 2.75) is 59.0 Å². The van der Waals surface area contributed by atoms with Gasteiger partial charge in [-0.25, -0.2) is 0 Å². The molecule has 1 aliphatic carbocycles. The van der Waals surface area contributed by atoms with Crippen LogP contribution in [-0.4, -0.2) is 24.3 Å². The molecule has 3 heteroatoms. The van der Waals surface area contributed by atoms with Gasteiger partial charge in [-0.2, -0.15) is 0 Å². The summed E-state index contributed by atoms with van der Waals surface area (Å²) in [6.07, 6.45) is 5.53. The average Bonchev–Trinajstić information content (AvgIpc) is 2.36. The van der Waals surface area contributed by atoms with Gasteiger partial charge in [0.05, 0.1) is 18.6 Å². The molecule has 0 aliphatic heterocycles. The molecule has 0 aromatic carbocycles. The van der Waals surface area contributed by atoms with Crippen molar-refractivity contribution in [1.82, 2.24) is 0 Å². The molecule has 1 fully saturated rings. The molecule has 0 aromatic rings. The van der Waals surface area contributed by atoms with E-state index in [0.29, 0.717) is 5.92 Å². The fourth-order valence-corrected chi connectivity index (χ4v) is 2.96. The van der Waals surface area contributed by atoms with Crippen molar-refractivity contribution in [3.63, 3.8) is 0 Å². The second-order valence-corrected chi connectivity index (χ2v) is 5.92. The van der Waals surface area contributed by atoms with E-state index in [1.54, 1.807) is 13.8 Å². The molecule has 0 unspecified atom stereocenters. The lowest BCUT2D eigenvalue weighted by atomic mass is 9.71. The van der Waals surface area contributed by atoms with Gasteiger partial charge in [0.15, 0.2) is 0 Å². The van der Waals surface area contributed by atoms with Gasteiger partial charge in [0.1, 0.15) is 0 Å². The summed E-state index contributed by atoms with van der Waals surface area (Å²) in [5.41, 5.74) is -0.814. The van der Waals surface area contributed by atoms with Gasteiger partial charge in [0.25, 0.3) is 0 Å². The van der Waals surface area contributed by atoms with E-state index in [-0.39, 0.29) is 11.9 Å². The predicted molar refractivity (Wildman–Crippen MR) is 67.5 cm³/mol. The standard InChI is InChI=1S/C14H26O3/c1-10(11-8-6-5-7-9-11)12(15)14(2,3)13(16)17-4/h10-12,15H,5-9H2,1-4H3/t10-,12+/m1/s1. The zero-order valence-electron chi connectivity index (χ0n) is 11.5. The summed E-state index contributed by atoms with van der Waals surface area (Å²) in [5.74, 6) is 0.375. The van der Waals surface area contributed by atoms with Gasteiger partial charge in [-0.05, 0) is 25.7 Å². The first-order valence-electron chi connectivity index (χ1n) is 6.67. The molecule has 0 radical (unpaired) electrons. The van der Waals surface area contributed by atoms with E-state index in [1.807, 2.05) is 0 Å². The van der Waals surface area contributed by atoms with Crippen LogP contribution >= 0.6 is 0 Å². The zero-order chi connectivity index (χ0) is 13.1. The van der Waals surface area contributed by atoms with Crippen molar-refractivity contribution in [2.24, 2.45) is 17.3 Å². The van der Waals surface area contributed by atoms with E-state index in [9.17, 15) is 9.90 Å². The minimum absolute atomic E-state index is 0.157. The normalized spacial score (nSPS) is 21.9. The van der Waals surface area contributed by atoms with Crippen molar-refractivity contribution in [3.8, 4) is 0 Å². The van der Waals surface area contributed by atoms with Crippen LogP contribution in [0.3, 0.4) is 0 Å². The Labute approximate surface area is 105 Å². The topological polar surface area (TPSA) is 46.5 Å². The Balaban J connectivity index is 2.66. The molecule has 0 spiro atoms. The molecular weight excluding hydrogens is 216 g/mol. The number of esters is 1. The minimum atomic E-state index is -0.814. The van der Waals surface area contributed by atoms with Crippen molar-refractivity contribution in [2.75, 3.05) is 7.11 Å². The van der Waals surface area contributed by atoms with Crippen molar-refractivity contribution in [3.05, 3.63) is 0 Å². The van der Waals surface area contributed by atoms with E-state index < -0.39 is 11.5 Å². The van der Waals surface area contributed by atoms with Crippen LogP contribution in [-0.2, 0) is 9.53 Å². The predicted octanol–water partition coefficient (Wildman–Crippen LogP) is 2.76. The number of ether oxygens (including phenoxy) is 1. The Hall–Kier alpha value is -0.570. The Bertz CT molecular complexity index is 254. The van der Waals surface area contributed by atoms with Gasteiger partial charge in [-0.15, -0.1) is 0 Å². The van der Waals surface area contributed by atoms with Crippen LogP contribution in [0.5, 0.6) is 0 Å². The third-order valence-corrected chi connectivity index (χ3v) is 4.34. The number of rotatable bonds is 4. The van der Waals surface area contributed by atoms with Gasteiger partial charge >= 0.3 is 5.97 Å². The first kappa shape index (κ1) is 14.5. The quantitative estimate of drug-likeness (QED) is 0.771. The van der Waals surface area contributed by atoms with Crippen LogP contribution in [0.15, 0.2) is 0 Å². The van der Waals surface area contributed by atoms with Gasteiger partial charge in [0, 0.05) is 0 Å². The van der Waals surface area contributed by atoms with Crippen molar-refractivity contribution >= 4 is 5.97 Å². The summed E-state index contributed by atoms with van der Waals surface area (Å²) in [4.78, 5) is 11.7. The average molecular weight is 242 g/mol. The minimum Gasteiger partial charge on any atom is -0.469 e. The Kier molecular flexibility index (Phi) is 4.99. The van der Waals surface area contributed by atoms with Crippen molar-refractivity contribution in [1.29, 1.82) is 0 Å². The molecule has 0 amide bonds. The molecule has 0 heterocycles. The molecule has 1 aliphatic rings. The maximum atomic E-state index is 11.7. The molecule has 100 valence electrons. The first-order chi connectivity index (χ1) is 7.91.